The number of ether oxygens (including phenoxy) is 1. The van der Waals surface area contributed by atoms with E-state index in [1.165, 1.54) is 6.20 Å². The molecule has 0 aliphatic heterocycles. The summed E-state index contributed by atoms with van der Waals surface area (Å²) in [7, 11) is 3.32. The lowest BCUT2D eigenvalue weighted by molar-refractivity contribution is 0.415. The van der Waals surface area contributed by atoms with Crippen LogP contribution in [0.3, 0.4) is 0 Å². The van der Waals surface area contributed by atoms with Gasteiger partial charge in [-0.3, -0.25) is 4.79 Å². The summed E-state index contributed by atoms with van der Waals surface area (Å²) in [6, 6.07) is 5.43. The number of aryl methyl sites for hydroxylation is 1. The first-order valence-electron chi connectivity index (χ1n) is 4.22. The molecule has 0 spiro atoms. The van der Waals surface area contributed by atoms with E-state index < -0.39 is 0 Å². The van der Waals surface area contributed by atoms with Gasteiger partial charge in [0.2, 0.25) is 0 Å². The molecular formula is C10H10N2O2. The second-order valence-corrected chi connectivity index (χ2v) is 3.01. The Hall–Kier alpha value is -1.84. The largest absolute Gasteiger partial charge is 0.497 e. The predicted octanol–water partition coefficient (Wildman–Crippen LogP) is 0.942. The predicted molar refractivity (Wildman–Crippen MR) is 53.5 cm³/mol. The topological polar surface area (TPSA) is 44.1 Å². The van der Waals surface area contributed by atoms with Crippen LogP contribution in [0.25, 0.3) is 11.0 Å². The van der Waals surface area contributed by atoms with Crippen molar-refractivity contribution in [2.75, 3.05) is 7.11 Å². The van der Waals surface area contributed by atoms with E-state index in [9.17, 15) is 4.79 Å². The smallest absolute Gasteiger partial charge is 0.269 e. The molecule has 0 radical (unpaired) electrons. The Morgan fingerprint density at radius 2 is 2.21 bits per heavy atom. The first-order valence-corrected chi connectivity index (χ1v) is 4.22. The summed E-state index contributed by atoms with van der Waals surface area (Å²) < 4.78 is 6.62. The molecule has 0 atom stereocenters. The van der Waals surface area contributed by atoms with Crippen molar-refractivity contribution in [3.05, 3.63) is 34.7 Å². The first kappa shape index (κ1) is 8.74. The maximum Gasteiger partial charge on any atom is 0.269 e. The second-order valence-electron chi connectivity index (χ2n) is 3.01. The lowest BCUT2D eigenvalue weighted by Crippen LogP contribution is -2.16. The van der Waals surface area contributed by atoms with Gasteiger partial charge in [-0.25, -0.2) is 4.98 Å². The van der Waals surface area contributed by atoms with E-state index in [0.29, 0.717) is 0 Å². The molecule has 0 fully saturated rings. The fourth-order valence-electron chi connectivity index (χ4n) is 1.35. The summed E-state index contributed by atoms with van der Waals surface area (Å²) in [5, 5.41) is 0. The lowest BCUT2D eigenvalue weighted by atomic mass is 10.3. The van der Waals surface area contributed by atoms with Crippen LogP contribution in [-0.4, -0.2) is 16.7 Å². The molecule has 0 bridgehead atoms. The van der Waals surface area contributed by atoms with Crippen molar-refractivity contribution in [2.24, 2.45) is 7.05 Å². The van der Waals surface area contributed by atoms with E-state index >= 15 is 0 Å². The molecule has 1 aromatic carbocycles. The Morgan fingerprint density at radius 3 is 2.93 bits per heavy atom. The van der Waals surface area contributed by atoms with Crippen LogP contribution in [0, 0.1) is 0 Å². The number of aromatic nitrogens is 2. The van der Waals surface area contributed by atoms with E-state index in [4.69, 9.17) is 4.74 Å². The third-order valence-electron chi connectivity index (χ3n) is 2.19. The molecule has 0 N–H and O–H groups in total. The number of benzene rings is 1. The van der Waals surface area contributed by atoms with Crippen molar-refractivity contribution in [2.45, 2.75) is 0 Å². The van der Waals surface area contributed by atoms with Crippen LogP contribution in [0.2, 0.25) is 0 Å². The summed E-state index contributed by atoms with van der Waals surface area (Å²) in [5.41, 5.74) is 1.45. The average Bonchev–Trinajstić information content (AvgIpc) is 2.23. The Morgan fingerprint density at radius 1 is 1.43 bits per heavy atom. The molecule has 0 aliphatic rings. The molecule has 2 rings (SSSR count). The molecule has 72 valence electrons. The summed E-state index contributed by atoms with van der Waals surface area (Å²) in [5.74, 6) is 0.739. The number of fused-ring (bicyclic) bond motifs is 1. The average molecular weight is 190 g/mol. The maximum absolute atomic E-state index is 11.3. The molecule has 0 unspecified atom stereocenters. The van der Waals surface area contributed by atoms with Gasteiger partial charge in [0.1, 0.15) is 5.75 Å². The van der Waals surface area contributed by atoms with Crippen molar-refractivity contribution < 1.29 is 4.74 Å². The van der Waals surface area contributed by atoms with Gasteiger partial charge in [0, 0.05) is 13.1 Å². The van der Waals surface area contributed by atoms with E-state index in [2.05, 4.69) is 4.98 Å². The lowest BCUT2D eigenvalue weighted by Gasteiger charge is -2.04. The molecular weight excluding hydrogens is 180 g/mol. The van der Waals surface area contributed by atoms with Crippen molar-refractivity contribution in [3.8, 4) is 5.75 Å². The van der Waals surface area contributed by atoms with Gasteiger partial charge in [0.15, 0.2) is 0 Å². The standard InChI is InChI=1S/C10H10N2O2/c1-12-9-4-3-7(14-2)5-8(9)11-6-10(12)13/h3-6H,1-2H3. The zero-order valence-electron chi connectivity index (χ0n) is 8.02. The summed E-state index contributed by atoms with van der Waals surface area (Å²) >= 11 is 0. The third-order valence-corrected chi connectivity index (χ3v) is 2.19. The SMILES string of the molecule is COc1ccc2c(c1)ncc(=O)n2C. The summed E-state index contributed by atoms with van der Waals surface area (Å²) in [6.07, 6.45) is 1.31. The zero-order chi connectivity index (χ0) is 10.1. The minimum absolute atomic E-state index is 0.109. The van der Waals surface area contributed by atoms with Gasteiger partial charge in [-0.15, -0.1) is 0 Å². The minimum Gasteiger partial charge on any atom is -0.497 e. The van der Waals surface area contributed by atoms with Crippen LogP contribution >= 0.6 is 0 Å². The fraction of sp³-hybridized carbons (Fsp3) is 0.200. The molecule has 14 heavy (non-hydrogen) atoms. The Kier molecular flexibility index (Phi) is 1.96. The van der Waals surface area contributed by atoms with Crippen molar-refractivity contribution in [3.63, 3.8) is 0 Å². The van der Waals surface area contributed by atoms with Gasteiger partial charge < -0.3 is 9.30 Å². The molecule has 1 heterocycles. The summed E-state index contributed by atoms with van der Waals surface area (Å²) in [4.78, 5) is 15.3. The second kappa shape index (κ2) is 3.14. The van der Waals surface area contributed by atoms with Crippen molar-refractivity contribution in [1.82, 2.24) is 9.55 Å². The Bertz CT molecular complexity index is 531. The van der Waals surface area contributed by atoms with Crippen LogP contribution in [0.15, 0.2) is 29.2 Å². The molecule has 1 aromatic heterocycles. The first-order chi connectivity index (χ1) is 6.72. The third kappa shape index (κ3) is 1.25. The Labute approximate surface area is 80.8 Å². The van der Waals surface area contributed by atoms with Crippen LogP contribution in [-0.2, 0) is 7.05 Å². The molecule has 0 amide bonds. The van der Waals surface area contributed by atoms with Gasteiger partial charge in [0.05, 0.1) is 24.3 Å². The fourth-order valence-corrected chi connectivity index (χ4v) is 1.35. The van der Waals surface area contributed by atoms with Crippen LogP contribution < -0.4 is 10.3 Å². The molecule has 4 nitrogen and oxygen atoms in total. The molecule has 0 saturated carbocycles. The van der Waals surface area contributed by atoms with Crippen LogP contribution in [0.5, 0.6) is 5.75 Å². The monoisotopic (exact) mass is 190 g/mol. The molecule has 4 heteroatoms. The van der Waals surface area contributed by atoms with Gasteiger partial charge in [-0.1, -0.05) is 0 Å². The number of hydrogen-bond acceptors (Lipinski definition) is 3. The van der Waals surface area contributed by atoms with Gasteiger partial charge in [-0.05, 0) is 12.1 Å². The number of rotatable bonds is 1. The highest BCUT2D eigenvalue weighted by atomic mass is 16.5. The van der Waals surface area contributed by atoms with E-state index in [1.54, 1.807) is 24.8 Å². The molecule has 0 aliphatic carbocycles. The highest BCUT2D eigenvalue weighted by Crippen LogP contribution is 2.16. The highest BCUT2D eigenvalue weighted by Gasteiger charge is 2.01. The van der Waals surface area contributed by atoms with E-state index in [-0.39, 0.29) is 5.56 Å². The highest BCUT2D eigenvalue weighted by molar-refractivity contribution is 5.76. The van der Waals surface area contributed by atoms with Gasteiger partial charge in [-0.2, -0.15) is 0 Å². The minimum atomic E-state index is -0.109. The Balaban J connectivity index is 2.81. The van der Waals surface area contributed by atoms with E-state index in [0.717, 1.165) is 16.8 Å². The number of methoxy groups -OCH3 is 1. The number of nitrogens with zero attached hydrogens (tertiary/aromatic N) is 2. The van der Waals surface area contributed by atoms with Crippen molar-refractivity contribution in [1.29, 1.82) is 0 Å². The van der Waals surface area contributed by atoms with Crippen molar-refractivity contribution >= 4 is 11.0 Å². The van der Waals surface area contributed by atoms with Gasteiger partial charge >= 0.3 is 0 Å². The zero-order valence-corrected chi connectivity index (χ0v) is 8.02. The van der Waals surface area contributed by atoms with Crippen LogP contribution in [0.4, 0.5) is 0 Å². The summed E-state index contributed by atoms with van der Waals surface area (Å²) in [6.45, 7) is 0. The van der Waals surface area contributed by atoms with E-state index in [1.807, 2.05) is 12.1 Å². The molecule has 2 aromatic rings. The van der Waals surface area contributed by atoms with Crippen LogP contribution in [0.1, 0.15) is 0 Å². The number of hydrogen-bond donors (Lipinski definition) is 0. The quantitative estimate of drug-likeness (QED) is 0.672. The normalized spacial score (nSPS) is 10.4. The van der Waals surface area contributed by atoms with Gasteiger partial charge in [0.25, 0.3) is 5.56 Å². The maximum atomic E-state index is 11.3. The molecule has 0 saturated heterocycles.